The number of hydrogen-bond acceptors (Lipinski definition) is 8. The predicted octanol–water partition coefficient (Wildman–Crippen LogP) is 8.35. The van der Waals surface area contributed by atoms with Gasteiger partial charge in [-0.25, -0.2) is 4.98 Å². The Labute approximate surface area is 245 Å². The van der Waals surface area contributed by atoms with Crippen LogP contribution in [0.2, 0.25) is 0 Å². The number of esters is 1. The highest BCUT2D eigenvalue weighted by atomic mass is 127. The van der Waals surface area contributed by atoms with Crippen LogP contribution in [0.25, 0.3) is 11.2 Å². The molecule has 1 aliphatic rings. The standard InChI is InChI=1S/C25H34IN6O2PS.C2H6/c1-34-21(33)11-7-2-3-8-16-36-20-14-12-19(13-15-20)29-25-30-23(28-18-9-5-4-6-10-18)22-24(31-25)32(35-26)17-27-22;1-2/h12-15,17-18,35H,2-11,16H2,1H3,(H2,28,29,30,31);1-2H3. The Morgan fingerprint density at radius 2 is 1.84 bits per heavy atom. The van der Waals surface area contributed by atoms with E-state index in [4.69, 9.17) is 9.97 Å². The number of fused-ring (bicyclic) bond motifs is 1. The number of methoxy groups -OCH3 is 1. The number of benzene rings is 1. The average molecular weight is 671 g/mol. The van der Waals surface area contributed by atoms with E-state index in [-0.39, 0.29) is 5.97 Å². The van der Waals surface area contributed by atoms with E-state index in [1.807, 2.05) is 31.9 Å². The summed E-state index contributed by atoms with van der Waals surface area (Å²) in [4.78, 5) is 26.6. The van der Waals surface area contributed by atoms with Crippen molar-refractivity contribution in [3.05, 3.63) is 30.6 Å². The summed E-state index contributed by atoms with van der Waals surface area (Å²) in [5.74, 6) is 2.37. The van der Waals surface area contributed by atoms with Crippen molar-refractivity contribution in [2.75, 3.05) is 23.5 Å². The molecule has 38 heavy (non-hydrogen) atoms. The van der Waals surface area contributed by atoms with Crippen LogP contribution >= 0.6 is 40.2 Å². The van der Waals surface area contributed by atoms with Gasteiger partial charge in [0.1, 0.15) is 6.33 Å². The molecule has 1 fully saturated rings. The van der Waals surface area contributed by atoms with Gasteiger partial charge in [-0.05, 0) is 77.7 Å². The molecule has 0 bridgehead atoms. The third-order valence-electron chi connectivity index (χ3n) is 6.32. The second kappa shape index (κ2) is 17.1. The number of carbonyl (C=O) groups excluding carboxylic acids is 1. The van der Waals surface area contributed by atoms with Crippen LogP contribution in [0.3, 0.4) is 0 Å². The summed E-state index contributed by atoms with van der Waals surface area (Å²) in [6.45, 7) is 4.00. The van der Waals surface area contributed by atoms with Gasteiger partial charge in [0.15, 0.2) is 17.0 Å². The highest BCUT2D eigenvalue weighted by Crippen LogP contribution is 2.32. The SMILES string of the molecule is CC.COC(=O)CCCCCCSc1ccc(Nc2nc(NC3CCCCC3)c3ncn(PI)c3n2)cc1. The lowest BCUT2D eigenvalue weighted by atomic mass is 9.95. The summed E-state index contributed by atoms with van der Waals surface area (Å²) < 4.78 is 6.76. The van der Waals surface area contributed by atoms with Crippen molar-refractivity contribution < 1.29 is 9.53 Å². The van der Waals surface area contributed by atoms with Gasteiger partial charge >= 0.3 is 5.97 Å². The zero-order chi connectivity index (χ0) is 27.2. The van der Waals surface area contributed by atoms with E-state index in [2.05, 4.69) is 71.0 Å². The molecule has 2 N–H and O–H groups in total. The molecule has 0 aliphatic heterocycles. The zero-order valence-corrected chi connectivity index (χ0v) is 26.6. The van der Waals surface area contributed by atoms with Crippen molar-refractivity contribution in [1.82, 2.24) is 19.3 Å². The Kier molecular flexibility index (Phi) is 13.9. The first-order chi connectivity index (χ1) is 18.7. The smallest absolute Gasteiger partial charge is 0.305 e. The fourth-order valence-electron chi connectivity index (χ4n) is 4.34. The van der Waals surface area contributed by atoms with E-state index in [0.717, 1.165) is 54.1 Å². The average Bonchev–Trinajstić information content (AvgIpc) is 3.38. The number of anilines is 3. The molecule has 11 heteroatoms. The molecule has 3 aromatic rings. The topological polar surface area (TPSA) is 94.0 Å². The first-order valence-corrected chi connectivity index (χ1v) is 18.7. The number of nitrogens with zero attached hydrogens (tertiary/aromatic N) is 4. The minimum atomic E-state index is -0.115. The monoisotopic (exact) mass is 670 g/mol. The number of halogens is 1. The number of unbranched alkanes of at least 4 members (excludes halogenated alkanes) is 3. The number of thioether (sulfide) groups is 1. The summed E-state index contributed by atoms with van der Waals surface area (Å²) in [5, 5.41) is 7.05. The number of carbonyl (C=O) groups is 1. The van der Waals surface area contributed by atoms with Crippen LogP contribution in [0.4, 0.5) is 17.5 Å². The summed E-state index contributed by atoms with van der Waals surface area (Å²) in [6, 6.07) is 8.89. The number of rotatable bonds is 13. The number of aromatic nitrogens is 4. The second-order valence-corrected chi connectivity index (χ2v) is 12.3. The Hall–Kier alpha value is -1.65. The molecule has 0 saturated heterocycles. The van der Waals surface area contributed by atoms with Crippen molar-refractivity contribution in [2.45, 2.75) is 89.0 Å². The highest BCUT2D eigenvalue weighted by molar-refractivity contribution is 14.2. The van der Waals surface area contributed by atoms with Crippen molar-refractivity contribution in [3.63, 3.8) is 0 Å². The van der Waals surface area contributed by atoms with E-state index in [0.29, 0.717) is 24.8 Å². The molecular formula is C27H40IN6O2PS. The molecule has 1 aromatic carbocycles. The molecular weight excluding hydrogens is 630 g/mol. The lowest BCUT2D eigenvalue weighted by Crippen LogP contribution is -2.23. The third-order valence-corrected chi connectivity index (χ3v) is 9.48. The normalized spacial score (nSPS) is 13.9. The minimum Gasteiger partial charge on any atom is -0.469 e. The van der Waals surface area contributed by atoms with E-state index < -0.39 is 0 Å². The summed E-state index contributed by atoms with van der Waals surface area (Å²) in [5.41, 5.74) is 2.66. The van der Waals surface area contributed by atoms with E-state index >= 15 is 0 Å². The van der Waals surface area contributed by atoms with E-state index in [1.165, 1.54) is 44.1 Å². The Balaban J connectivity index is 0.00000195. The van der Waals surface area contributed by atoms with Gasteiger partial charge in [0.05, 0.1) is 13.5 Å². The Morgan fingerprint density at radius 3 is 2.55 bits per heavy atom. The van der Waals surface area contributed by atoms with Crippen LogP contribution in [0, 0.1) is 0 Å². The van der Waals surface area contributed by atoms with Crippen LogP contribution in [-0.2, 0) is 9.53 Å². The molecule has 4 rings (SSSR count). The molecule has 1 unspecified atom stereocenters. The Morgan fingerprint density at radius 1 is 1.11 bits per heavy atom. The third kappa shape index (κ3) is 9.52. The van der Waals surface area contributed by atoms with Crippen LogP contribution in [0.1, 0.15) is 78.1 Å². The van der Waals surface area contributed by atoms with Crippen molar-refractivity contribution in [1.29, 1.82) is 0 Å². The van der Waals surface area contributed by atoms with Crippen LogP contribution in [0.5, 0.6) is 0 Å². The highest BCUT2D eigenvalue weighted by Gasteiger charge is 2.18. The second-order valence-electron chi connectivity index (χ2n) is 8.98. The largest absolute Gasteiger partial charge is 0.469 e. The molecule has 0 radical (unpaired) electrons. The molecule has 1 atom stereocenters. The Bertz CT molecular complexity index is 1120. The fourth-order valence-corrected chi connectivity index (χ4v) is 6.65. The van der Waals surface area contributed by atoms with Crippen molar-refractivity contribution in [3.8, 4) is 0 Å². The maximum atomic E-state index is 11.2. The first-order valence-electron chi connectivity index (χ1n) is 13.6. The van der Waals surface area contributed by atoms with Crippen LogP contribution in [0.15, 0.2) is 35.5 Å². The summed E-state index contributed by atoms with van der Waals surface area (Å²) >= 11 is 4.22. The van der Waals surface area contributed by atoms with E-state index in [9.17, 15) is 4.79 Å². The molecule has 1 aliphatic carbocycles. The molecule has 0 spiro atoms. The number of ether oxygens (including phenoxy) is 1. The summed E-state index contributed by atoms with van der Waals surface area (Å²) in [6.07, 6.45) is 13.3. The molecule has 2 heterocycles. The van der Waals surface area contributed by atoms with Gasteiger partial charge in [-0.2, -0.15) is 9.97 Å². The lowest BCUT2D eigenvalue weighted by molar-refractivity contribution is -0.140. The van der Waals surface area contributed by atoms with Gasteiger partial charge in [-0.1, -0.05) is 46.0 Å². The van der Waals surface area contributed by atoms with Gasteiger partial charge in [0.2, 0.25) is 5.95 Å². The van der Waals surface area contributed by atoms with Gasteiger partial charge in [0.25, 0.3) is 0 Å². The van der Waals surface area contributed by atoms with Gasteiger partial charge in [-0.15, -0.1) is 11.8 Å². The minimum absolute atomic E-state index is 0.115. The lowest BCUT2D eigenvalue weighted by Gasteiger charge is -2.23. The zero-order valence-electron chi connectivity index (χ0n) is 22.6. The first kappa shape index (κ1) is 30.9. The van der Waals surface area contributed by atoms with Crippen LogP contribution in [-0.4, -0.2) is 44.2 Å². The van der Waals surface area contributed by atoms with Crippen LogP contribution < -0.4 is 10.6 Å². The molecule has 0 amide bonds. The maximum absolute atomic E-state index is 11.2. The predicted molar refractivity (Wildman–Crippen MR) is 170 cm³/mol. The molecule has 1 saturated carbocycles. The molecule has 8 nitrogen and oxygen atoms in total. The summed E-state index contributed by atoms with van der Waals surface area (Å²) in [7, 11) is 1.44. The number of hydrogen-bond donors (Lipinski definition) is 2. The van der Waals surface area contributed by atoms with Gasteiger partial charge in [0, 0.05) is 23.0 Å². The van der Waals surface area contributed by atoms with Crippen molar-refractivity contribution >= 4 is 74.8 Å². The maximum Gasteiger partial charge on any atom is 0.305 e. The van der Waals surface area contributed by atoms with E-state index in [1.54, 1.807) is 0 Å². The molecule has 208 valence electrons. The number of imidazole rings is 1. The number of nitrogens with one attached hydrogen (secondary N) is 2. The van der Waals surface area contributed by atoms with Gasteiger partial charge in [-0.3, -0.25) is 9.13 Å². The fraction of sp³-hybridized carbons (Fsp3) is 0.556. The quantitative estimate of drug-likeness (QED) is 0.0617. The van der Waals surface area contributed by atoms with Gasteiger partial charge < -0.3 is 15.4 Å². The van der Waals surface area contributed by atoms with Crippen molar-refractivity contribution in [2.24, 2.45) is 0 Å². The molecule has 2 aromatic heterocycles.